The van der Waals surface area contributed by atoms with Gasteiger partial charge in [-0.25, -0.2) is 16.8 Å². The molecule has 2 rings (SSSR count). The Balaban J connectivity index is 0. The SMILES string of the molecule is CC.CC.CC.CC(CC1(C)CCCN(S(=O)(=O)C(F)F)C1)C1C[C@H](C)CN(S(=O)(=O)C(F)F)C1. The van der Waals surface area contributed by atoms with Gasteiger partial charge in [0.05, 0.1) is 0 Å². The molecule has 2 fully saturated rings. The first-order chi connectivity index (χ1) is 16.2. The van der Waals surface area contributed by atoms with Crippen molar-refractivity contribution in [2.45, 2.75) is 99.5 Å². The monoisotopic (exact) mass is 556 g/mol. The molecule has 0 aromatic heterocycles. The summed E-state index contributed by atoms with van der Waals surface area (Å²) < 4.78 is 101. The topological polar surface area (TPSA) is 74.8 Å². The van der Waals surface area contributed by atoms with E-state index < -0.39 is 37.0 Å². The minimum Gasteiger partial charge on any atom is -0.206 e. The molecule has 214 valence electrons. The maximum Gasteiger partial charge on any atom is 0.350 e. The normalized spacial score (nSPS) is 27.1. The third-order valence-electron chi connectivity index (χ3n) is 6.19. The van der Waals surface area contributed by atoms with E-state index in [1.807, 2.05) is 62.3 Å². The number of halogens is 4. The lowest BCUT2D eigenvalue weighted by molar-refractivity contribution is 0.0842. The first-order valence-electron chi connectivity index (χ1n) is 12.7. The van der Waals surface area contributed by atoms with E-state index in [9.17, 15) is 34.4 Å². The molecule has 35 heavy (non-hydrogen) atoms. The standard InChI is InChI=1S/C17H30F4N2O4S2.3C2H6/c1-12-7-14(10-23(9-12)29(26,27)16(20)21)13(2)8-17(3)5-4-6-22(11-17)28(24,25)15(18)19;3*1-2/h12-16H,4-11H2,1-3H3;3*1-2H3/t12-,13?,14?,17?;;;/m0.../s1. The average molecular weight is 557 g/mol. The summed E-state index contributed by atoms with van der Waals surface area (Å²) >= 11 is 0. The predicted octanol–water partition coefficient (Wildman–Crippen LogP) is 6.26. The van der Waals surface area contributed by atoms with E-state index in [0.717, 1.165) is 8.61 Å². The summed E-state index contributed by atoms with van der Waals surface area (Å²) in [4.78, 5) is 0. The maximum absolute atomic E-state index is 13.0. The van der Waals surface area contributed by atoms with Crippen LogP contribution < -0.4 is 0 Å². The zero-order valence-corrected chi connectivity index (χ0v) is 24.5. The summed E-state index contributed by atoms with van der Waals surface area (Å²) in [6.07, 6.45) is 2.30. The van der Waals surface area contributed by atoms with E-state index in [-0.39, 0.29) is 43.9 Å². The van der Waals surface area contributed by atoms with Crippen LogP contribution in [0.5, 0.6) is 0 Å². The molecule has 2 saturated heterocycles. The average Bonchev–Trinajstić information content (AvgIpc) is 2.82. The fourth-order valence-electron chi connectivity index (χ4n) is 4.79. The fourth-order valence-corrected chi connectivity index (χ4v) is 6.98. The molecule has 0 bridgehead atoms. The molecule has 4 atom stereocenters. The number of alkyl halides is 4. The Morgan fingerprint density at radius 3 is 1.77 bits per heavy atom. The molecule has 0 aromatic carbocycles. The smallest absolute Gasteiger partial charge is 0.206 e. The summed E-state index contributed by atoms with van der Waals surface area (Å²) in [7, 11) is -9.31. The molecule has 3 unspecified atom stereocenters. The van der Waals surface area contributed by atoms with Crippen LogP contribution in [0.3, 0.4) is 0 Å². The summed E-state index contributed by atoms with van der Waals surface area (Å²) in [6.45, 7) is 17.6. The Morgan fingerprint density at radius 2 is 1.31 bits per heavy atom. The van der Waals surface area contributed by atoms with Gasteiger partial charge in [0.15, 0.2) is 0 Å². The fraction of sp³-hybridized carbons (Fsp3) is 1.00. The van der Waals surface area contributed by atoms with E-state index in [1.165, 1.54) is 0 Å². The molecular weight excluding hydrogens is 508 g/mol. The quantitative estimate of drug-likeness (QED) is 0.347. The lowest BCUT2D eigenvalue weighted by atomic mass is 9.71. The van der Waals surface area contributed by atoms with Crippen LogP contribution in [0, 0.1) is 23.2 Å². The van der Waals surface area contributed by atoms with Gasteiger partial charge >= 0.3 is 11.5 Å². The van der Waals surface area contributed by atoms with E-state index in [4.69, 9.17) is 0 Å². The third kappa shape index (κ3) is 10.4. The molecule has 0 spiro atoms. The van der Waals surface area contributed by atoms with Crippen LogP contribution in [0.1, 0.15) is 88.0 Å². The molecule has 0 aliphatic carbocycles. The summed E-state index contributed by atoms with van der Waals surface area (Å²) in [6, 6.07) is 0. The number of hydrogen-bond acceptors (Lipinski definition) is 4. The Labute approximate surface area is 211 Å². The van der Waals surface area contributed by atoms with Crippen molar-refractivity contribution in [3.8, 4) is 0 Å². The first kappa shape index (κ1) is 36.7. The highest BCUT2D eigenvalue weighted by atomic mass is 32.2. The van der Waals surface area contributed by atoms with Crippen LogP contribution >= 0.6 is 0 Å². The molecule has 0 radical (unpaired) electrons. The molecule has 12 heteroatoms. The second-order valence-corrected chi connectivity index (χ2v) is 12.8. The highest BCUT2D eigenvalue weighted by Gasteiger charge is 2.43. The predicted molar refractivity (Wildman–Crippen MR) is 135 cm³/mol. The Hall–Kier alpha value is -0.460. The number of piperidine rings is 2. The Morgan fingerprint density at radius 1 is 0.857 bits per heavy atom. The van der Waals surface area contributed by atoms with Crippen molar-refractivity contribution in [1.29, 1.82) is 0 Å². The van der Waals surface area contributed by atoms with E-state index >= 15 is 0 Å². The number of nitrogens with zero attached hydrogens (tertiary/aromatic N) is 2. The van der Waals surface area contributed by atoms with Crippen LogP contribution in [-0.4, -0.2) is 63.1 Å². The first-order valence-corrected chi connectivity index (χ1v) is 15.7. The van der Waals surface area contributed by atoms with Crippen molar-refractivity contribution < 1.29 is 34.4 Å². The minimum atomic E-state index is -4.66. The van der Waals surface area contributed by atoms with E-state index in [1.54, 1.807) is 0 Å². The van der Waals surface area contributed by atoms with Gasteiger partial charge in [0.2, 0.25) is 0 Å². The second-order valence-electron chi connectivity index (χ2n) is 8.96. The van der Waals surface area contributed by atoms with Crippen molar-refractivity contribution in [3.63, 3.8) is 0 Å². The zero-order chi connectivity index (χ0) is 28.2. The summed E-state index contributed by atoms with van der Waals surface area (Å²) in [5.41, 5.74) is -0.535. The summed E-state index contributed by atoms with van der Waals surface area (Å²) in [5, 5.41) is 0. The third-order valence-corrected chi connectivity index (χ3v) is 9.14. The van der Waals surface area contributed by atoms with Gasteiger partial charge in [0, 0.05) is 26.2 Å². The van der Waals surface area contributed by atoms with Crippen molar-refractivity contribution in [1.82, 2.24) is 8.61 Å². The van der Waals surface area contributed by atoms with Gasteiger partial charge in [-0.05, 0) is 48.9 Å². The van der Waals surface area contributed by atoms with E-state index in [0.29, 0.717) is 25.7 Å². The molecule has 0 amide bonds. The van der Waals surface area contributed by atoms with Crippen LogP contribution in [0.4, 0.5) is 17.6 Å². The van der Waals surface area contributed by atoms with Crippen LogP contribution in [0.2, 0.25) is 0 Å². The van der Waals surface area contributed by atoms with Crippen LogP contribution in [-0.2, 0) is 20.0 Å². The van der Waals surface area contributed by atoms with Gasteiger partial charge in [-0.15, -0.1) is 0 Å². The van der Waals surface area contributed by atoms with E-state index in [2.05, 4.69) is 0 Å². The summed E-state index contributed by atoms with van der Waals surface area (Å²) in [5.74, 6) is -7.25. The van der Waals surface area contributed by atoms with Crippen molar-refractivity contribution >= 4 is 20.0 Å². The zero-order valence-electron chi connectivity index (χ0n) is 22.9. The van der Waals surface area contributed by atoms with Gasteiger partial charge in [-0.3, -0.25) is 0 Å². The van der Waals surface area contributed by atoms with Gasteiger partial charge in [-0.2, -0.15) is 26.2 Å². The molecular formula is C23H48F4N2O4S2. The lowest BCUT2D eigenvalue weighted by Crippen LogP contribution is -2.49. The number of hydrogen-bond donors (Lipinski definition) is 0. The highest BCUT2D eigenvalue weighted by Crippen LogP contribution is 2.41. The Kier molecular flexibility index (Phi) is 17.2. The second kappa shape index (κ2) is 16.4. The van der Waals surface area contributed by atoms with Crippen molar-refractivity contribution in [3.05, 3.63) is 0 Å². The lowest BCUT2D eigenvalue weighted by Gasteiger charge is -2.44. The Bertz CT molecular complexity index is 782. The van der Waals surface area contributed by atoms with Gasteiger partial charge in [-0.1, -0.05) is 62.3 Å². The molecule has 2 aliphatic heterocycles. The molecule has 0 saturated carbocycles. The van der Waals surface area contributed by atoms with Crippen molar-refractivity contribution in [2.75, 3.05) is 26.2 Å². The molecule has 0 N–H and O–H groups in total. The highest BCUT2D eigenvalue weighted by molar-refractivity contribution is 7.89. The largest absolute Gasteiger partial charge is 0.350 e. The molecule has 6 nitrogen and oxygen atoms in total. The van der Waals surface area contributed by atoms with Crippen LogP contribution in [0.15, 0.2) is 0 Å². The molecule has 2 heterocycles. The number of sulfonamides is 2. The van der Waals surface area contributed by atoms with Gasteiger partial charge < -0.3 is 0 Å². The minimum absolute atomic E-state index is 0.00664. The van der Waals surface area contributed by atoms with Crippen LogP contribution in [0.25, 0.3) is 0 Å². The van der Waals surface area contributed by atoms with Crippen molar-refractivity contribution in [2.24, 2.45) is 23.2 Å². The molecule has 0 aromatic rings. The number of rotatable bonds is 7. The van der Waals surface area contributed by atoms with Gasteiger partial charge in [0.1, 0.15) is 0 Å². The maximum atomic E-state index is 13.0. The van der Waals surface area contributed by atoms with Gasteiger partial charge in [0.25, 0.3) is 20.0 Å². The molecule has 2 aliphatic rings.